The number of hydrogen-bond donors (Lipinski definition) is 2. The number of nitrogens with zero attached hydrogens (tertiary/aromatic N) is 1. The summed E-state index contributed by atoms with van der Waals surface area (Å²) in [6, 6.07) is 5.62. The summed E-state index contributed by atoms with van der Waals surface area (Å²) in [5, 5.41) is 9.37. The van der Waals surface area contributed by atoms with Crippen molar-refractivity contribution in [3.05, 3.63) is 45.9 Å². The largest absolute Gasteiger partial charge is 0.398 e. The molecule has 88 valence electrons. The molecule has 0 bridgehead atoms. The van der Waals surface area contributed by atoms with Crippen LogP contribution >= 0.6 is 22.9 Å². The van der Waals surface area contributed by atoms with Crippen LogP contribution in [0.15, 0.2) is 29.1 Å². The van der Waals surface area contributed by atoms with E-state index in [1.807, 2.05) is 23.0 Å². The summed E-state index contributed by atoms with van der Waals surface area (Å²) in [6.07, 6.45) is 1.80. The second-order valence-electron chi connectivity index (χ2n) is 3.72. The number of halogens is 1. The van der Waals surface area contributed by atoms with Crippen LogP contribution < -0.4 is 5.73 Å². The van der Waals surface area contributed by atoms with E-state index < -0.39 is 0 Å². The van der Waals surface area contributed by atoms with E-state index in [2.05, 4.69) is 4.98 Å². The smallest absolute Gasteiger partial charge is 0.130 e. The maximum atomic E-state index is 7.34. The maximum absolute atomic E-state index is 7.34. The Morgan fingerprint density at radius 2 is 2.24 bits per heavy atom. The highest BCUT2D eigenvalue weighted by atomic mass is 35.5. The summed E-state index contributed by atoms with van der Waals surface area (Å²) in [7, 11) is 0. The number of nitrogens with two attached hydrogens (primary N) is 1. The zero-order valence-electron chi connectivity index (χ0n) is 9.11. The molecular formula is C12H12ClN3S. The molecule has 0 radical (unpaired) electrons. The number of nitrogen functional groups attached to an aromatic ring is 1. The molecule has 17 heavy (non-hydrogen) atoms. The number of anilines is 1. The molecule has 1 aromatic heterocycles. The molecule has 0 atom stereocenters. The van der Waals surface area contributed by atoms with Gasteiger partial charge < -0.3 is 5.73 Å². The first kappa shape index (κ1) is 12.1. The molecule has 0 aliphatic carbocycles. The van der Waals surface area contributed by atoms with Crippen molar-refractivity contribution in [2.45, 2.75) is 12.8 Å². The van der Waals surface area contributed by atoms with E-state index in [1.54, 1.807) is 17.4 Å². The van der Waals surface area contributed by atoms with Crippen LogP contribution in [-0.4, -0.2) is 10.2 Å². The van der Waals surface area contributed by atoms with Gasteiger partial charge in [-0.05, 0) is 30.5 Å². The second-order valence-corrected chi connectivity index (χ2v) is 4.81. The third-order valence-electron chi connectivity index (χ3n) is 2.51. The Labute approximate surface area is 109 Å². The monoisotopic (exact) mass is 265 g/mol. The lowest BCUT2D eigenvalue weighted by Crippen LogP contribution is -2.00. The Bertz CT molecular complexity index is 523. The van der Waals surface area contributed by atoms with Gasteiger partial charge in [0.1, 0.15) is 5.17 Å². The third kappa shape index (κ3) is 3.05. The number of aromatic nitrogens is 1. The lowest BCUT2D eigenvalue weighted by molar-refractivity contribution is 0.926. The van der Waals surface area contributed by atoms with Crippen molar-refractivity contribution in [1.29, 1.82) is 5.41 Å². The van der Waals surface area contributed by atoms with E-state index in [0.29, 0.717) is 11.3 Å². The van der Waals surface area contributed by atoms with Gasteiger partial charge in [0.2, 0.25) is 0 Å². The first-order chi connectivity index (χ1) is 8.16. The van der Waals surface area contributed by atoms with Gasteiger partial charge in [-0.1, -0.05) is 17.7 Å². The van der Waals surface area contributed by atoms with Crippen LogP contribution in [0.5, 0.6) is 0 Å². The first-order valence-electron chi connectivity index (χ1n) is 5.16. The van der Waals surface area contributed by atoms with E-state index in [-0.39, 0.29) is 5.17 Å². The number of thiazole rings is 1. The fraction of sp³-hybridized carbons (Fsp3) is 0.167. The van der Waals surface area contributed by atoms with Crippen molar-refractivity contribution in [2.24, 2.45) is 0 Å². The van der Waals surface area contributed by atoms with Crippen LogP contribution in [0, 0.1) is 5.41 Å². The summed E-state index contributed by atoms with van der Waals surface area (Å²) < 4.78 is 0. The average molecular weight is 266 g/mol. The van der Waals surface area contributed by atoms with Crippen LogP contribution in [0.4, 0.5) is 5.69 Å². The summed E-state index contributed by atoms with van der Waals surface area (Å²) in [6.45, 7) is 0. The zero-order chi connectivity index (χ0) is 12.3. The summed E-state index contributed by atoms with van der Waals surface area (Å²) >= 11 is 7.22. The molecule has 0 fully saturated rings. The SMILES string of the molecule is N=C(Cl)c1ccc(CCc2cscn2)cc1N. The number of benzene rings is 1. The Morgan fingerprint density at radius 3 is 2.82 bits per heavy atom. The number of aryl methyl sites for hydroxylation is 2. The van der Waals surface area contributed by atoms with Crippen LogP contribution in [0.3, 0.4) is 0 Å². The van der Waals surface area contributed by atoms with Crippen molar-refractivity contribution >= 4 is 33.8 Å². The normalized spacial score (nSPS) is 10.4. The zero-order valence-corrected chi connectivity index (χ0v) is 10.7. The van der Waals surface area contributed by atoms with Crippen molar-refractivity contribution in [1.82, 2.24) is 4.98 Å². The molecule has 1 heterocycles. The van der Waals surface area contributed by atoms with Gasteiger partial charge in [0.15, 0.2) is 0 Å². The van der Waals surface area contributed by atoms with Crippen molar-refractivity contribution in [3.8, 4) is 0 Å². The summed E-state index contributed by atoms with van der Waals surface area (Å²) in [4.78, 5) is 4.23. The Morgan fingerprint density at radius 1 is 1.41 bits per heavy atom. The van der Waals surface area contributed by atoms with Crippen molar-refractivity contribution < 1.29 is 0 Å². The minimum absolute atomic E-state index is 0.0199. The first-order valence-corrected chi connectivity index (χ1v) is 6.49. The van der Waals surface area contributed by atoms with Crippen molar-refractivity contribution in [3.63, 3.8) is 0 Å². The van der Waals surface area contributed by atoms with Crippen LogP contribution in [-0.2, 0) is 12.8 Å². The number of hydrogen-bond acceptors (Lipinski definition) is 4. The minimum atomic E-state index is -0.0199. The fourth-order valence-electron chi connectivity index (χ4n) is 1.60. The van der Waals surface area contributed by atoms with E-state index in [4.69, 9.17) is 22.7 Å². The van der Waals surface area contributed by atoms with Crippen LogP contribution in [0.2, 0.25) is 0 Å². The predicted octanol–water partition coefficient (Wildman–Crippen LogP) is 3.07. The molecule has 3 N–H and O–H groups in total. The molecular weight excluding hydrogens is 254 g/mol. The van der Waals surface area contributed by atoms with Crippen molar-refractivity contribution in [2.75, 3.05) is 5.73 Å². The molecule has 2 rings (SSSR count). The molecule has 0 spiro atoms. The van der Waals surface area contributed by atoms with Gasteiger partial charge in [0.25, 0.3) is 0 Å². The number of rotatable bonds is 4. The Hall–Kier alpha value is -1.39. The van der Waals surface area contributed by atoms with Gasteiger partial charge in [-0.2, -0.15) is 0 Å². The number of nitrogens with one attached hydrogen (secondary N) is 1. The van der Waals surface area contributed by atoms with Gasteiger partial charge in [-0.25, -0.2) is 4.98 Å². The molecule has 5 heteroatoms. The highest BCUT2D eigenvalue weighted by molar-refractivity contribution is 7.07. The van der Waals surface area contributed by atoms with Gasteiger partial charge in [-0.3, -0.25) is 5.41 Å². The highest BCUT2D eigenvalue weighted by Crippen LogP contribution is 2.17. The quantitative estimate of drug-likeness (QED) is 0.659. The van der Waals surface area contributed by atoms with Crippen LogP contribution in [0.25, 0.3) is 0 Å². The van der Waals surface area contributed by atoms with Crippen LogP contribution in [0.1, 0.15) is 16.8 Å². The van der Waals surface area contributed by atoms with Gasteiger partial charge in [0.05, 0.1) is 11.2 Å². The lowest BCUT2D eigenvalue weighted by atomic mass is 10.0. The van der Waals surface area contributed by atoms with Gasteiger partial charge in [0, 0.05) is 16.6 Å². The molecule has 3 nitrogen and oxygen atoms in total. The second kappa shape index (κ2) is 5.29. The molecule has 0 saturated heterocycles. The standard InChI is InChI=1S/C12H12ClN3S/c13-12(15)10-4-2-8(5-11(10)14)1-3-9-6-17-7-16-9/h2,4-7,15H,1,3,14H2. The molecule has 0 aliphatic heterocycles. The van der Waals surface area contributed by atoms with E-state index in [0.717, 1.165) is 24.1 Å². The topological polar surface area (TPSA) is 62.8 Å². The molecule has 2 aromatic rings. The highest BCUT2D eigenvalue weighted by Gasteiger charge is 2.05. The summed E-state index contributed by atoms with van der Waals surface area (Å²) in [5.74, 6) is 0. The summed E-state index contributed by atoms with van der Waals surface area (Å²) in [5.41, 5.74) is 11.0. The van der Waals surface area contributed by atoms with E-state index in [9.17, 15) is 0 Å². The Balaban J connectivity index is 2.07. The third-order valence-corrected chi connectivity index (χ3v) is 3.34. The van der Waals surface area contributed by atoms with E-state index >= 15 is 0 Å². The average Bonchev–Trinajstić information content (AvgIpc) is 2.78. The fourth-order valence-corrected chi connectivity index (χ4v) is 2.37. The predicted molar refractivity (Wildman–Crippen MR) is 73.1 cm³/mol. The lowest BCUT2D eigenvalue weighted by Gasteiger charge is -2.05. The van der Waals surface area contributed by atoms with Gasteiger partial charge in [-0.15, -0.1) is 11.3 Å². The molecule has 0 amide bonds. The minimum Gasteiger partial charge on any atom is -0.398 e. The Kier molecular flexibility index (Phi) is 3.76. The van der Waals surface area contributed by atoms with Gasteiger partial charge >= 0.3 is 0 Å². The van der Waals surface area contributed by atoms with E-state index in [1.165, 1.54) is 0 Å². The molecule has 0 saturated carbocycles. The maximum Gasteiger partial charge on any atom is 0.130 e. The molecule has 1 aromatic carbocycles. The molecule has 0 unspecified atom stereocenters. The molecule has 0 aliphatic rings.